The highest BCUT2D eigenvalue weighted by molar-refractivity contribution is 6.07. The van der Waals surface area contributed by atoms with E-state index in [1.54, 1.807) is 24.3 Å². The Bertz CT molecular complexity index is 828. The van der Waals surface area contributed by atoms with Gasteiger partial charge in [-0.3, -0.25) is 4.79 Å². The molecule has 0 fully saturated rings. The van der Waals surface area contributed by atoms with Crippen molar-refractivity contribution < 1.29 is 14.3 Å². The largest absolute Gasteiger partial charge is 0.496 e. The van der Waals surface area contributed by atoms with Crippen molar-refractivity contribution in [1.82, 2.24) is 24.7 Å². The molecule has 0 saturated heterocycles. The summed E-state index contributed by atoms with van der Waals surface area (Å²) in [5.41, 5.74) is 0.281. The van der Waals surface area contributed by atoms with E-state index in [0.717, 1.165) is 0 Å². The molecule has 0 saturated carbocycles. The fraction of sp³-hybridized carbons (Fsp3) is 0.133. The molecule has 0 aliphatic rings. The van der Waals surface area contributed by atoms with E-state index < -0.39 is 5.91 Å². The van der Waals surface area contributed by atoms with Crippen molar-refractivity contribution in [3.05, 3.63) is 48.8 Å². The van der Waals surface area contributed by atoms with Crippen LogP contribution in [0.25, 0.3) is 5.82 Å². The van der Waals surface area contributed by atoms with Crippen molar-refractivity contribution in [2.24, 2.45) is 0 Å². The summed E-state index contributed by atoms with van der Waals surface area (Å²) >= 11 is 0. The van der Waals surface area contributed by atoms with Gasteiger partial charge < -0.3 is 14.8 Å². The average Bonchev–Trinajstić information content (AvgIpc) is 3.15. The molecule has 24 heavy (non-hydrogen) atoms. The molecule has 122 valence electrons. The zero-order chi connectivity index (χ0) is 16.9. The maximum atomic E-state index is 12.6. The van der Waals surface area contributed by atoms with Crippen molar-refractivity contribution >= 4 is 11.7 Å². The Morgan fingerprint density at radius 2 is 1.88 bits per heavy atom. The summed E-state index contributed by atoms with van der Waals surface area (Å²) in [6.45, 7) is 0. The lowest BCUT2D eigenvalue weighted by atomic mass is 10.1. The average molecular weight is 326 g/mol. The van der Waals surface area contributed by atoms with Crippen LogP contribution in [0.1, 0.15) is 10.4 Å². The van der Waals surface area contributed by atoms with E-state index >= 15 is 0 Å². The minimum atomic E-state index is -0.410. The third-order valence-electron chi connectivity index (χ3n) is 3.20. The molecule has 1 aromatic carbocycles. The lowest BCUT2D eigenvalue weighted by Crippen LogP contribution is -2.16. The highest BCUT2D eigenvalue weighted by atomic mass is 16.5. The molecule has 1 N–H and O–H groups in total. The Morgan fingerprint density at radius 1 is 1.12 bits per heavy atom. The lowest BCUT2D eigenvalue weighted by Gasteiger charge is -2.12. The minimum Gasteiger partial charge on any atom is -0.496 e. The van der Waals surface area contributed by atoms with Gasteiger partial charge in [0.1, 0.15) is 41.9 Å². The van der Waals surface area contributed by atoms with Crippen LogP contribution in [0, 0.1) is 0 Å². The first kappa shape index (κ1) is 15.4. The van der Waals surface area contributed by atoms with E-state index in [2.05, 4.69) is 25.4 Å². The number of benzene rings is 1. The SMILES string of the molecule is COc1cccc(OC)c1C(=O)Nc1cc(-n2cncn2)ncn1. The molecule has 2 aromatic heterocycles. The summed E-state index contributed by atoms with van der Waals surface area (Å²) in [5.74, 6) is 1.18. The molecule has 9 nitrogen and oxygen atoms in total. The van der Waals surface area contributed by atoms with Gasteiger partial charge in [0, 0.05) is 6.07 Å². The van der Waals surface area contributed by atoms with Crippen LogP contribution in [-0.2, 0) is 0 Å². The first-order chi connectivity index (χ1) is 11.7. The van der Waals surface area contributed by atoms with Gasteiger partial charge in [0.25, 0.3) is 5.91 Å². The van der Waals surface area contributed by atoms with Crippen LogP contribution in [0.2, 0.25) is 0 Å². The second kappa shape index (κ2) is 6.73. The highest BCUT2D eigenvalue weighted by Crippen LogP contribution is 2.28. The number of hydrogen-bond donors (Lipinski definition) is 1. The molecule has 3 aromatic rings. The van der Waals surface area contributed by atoms with Crippen LogP contribution >= 0.6 is 0 Å². The smallest absolute Gasteiger partial charge is 0.264 e. The first-order valence-corrected chi connectivity index (χ1v) is 6.92. The Kier molecular flexibility index (Phi) is 4.32. The van der Waals surface area contributed by atoms with Crippen LogP contribution in [0.5, 0.6) is 11.5 Å². The molecule has 1 amide bonds. The third-order valence-corrected chi connectivity index (χ3v) is 3.20. The van der Waals surface area contributed by atoms with E-state index in [1.165, 1.54) is 37.9 Å². The van der Waals surface area contributed by atoms with Crippen LogP contribution in [-0.4, -0.2) is 44.9 Å². The number of carbonyl (C=O) groups is 1. The quantitative estimate of drug-likeness (QED) is 0.754. The number of hydrogen-bond acceptors (Lipinski definition) is 7. The molecular weight excluding hydrogens is 312 g/mol. The Morgan fingerprint density at radius 3 is 2.50 bits per heavy atom. The lowest BCUT2D eigenvalue weighted by molar-refractivity contribution is 0.102. The van der Waals surface area contributed by atoms with Crippen LogP contribution < -0.4 is 14.8 Å². The normalized spacial score (nSPS) is 10.2. The van der Waals surface area contributed by atoms with Crippen molar-refractivity contribution in [2.45, 2.75) is 0 Å². The highest BCUT2D eigenvalue weighted by Gasteiger charge is 2.19. The molecule has 0 radical (unpaired) electrons. The van der Waals surface area contributed by atoms with Crippen molar-refractivity contribution in [2.75, 3.05) is 19.5 Å². The first-order valence-electron chi connectivity index (χ1n) is 6.92. The maximum Gasteiger partial charge on any atom is 0.264 e. The van der Waals surface area contributed by atoms with Crippen LogP contribution in [0.3, 0.4) is 0 Å². The molecule has 0 aliphatic carbocycles. The van der Waals surface area contributed by atoms with Gasteiger partial charge in [-0.2, -0.15) is 5.10 Å². The second-order valence-electron chi connectivity index (χ2n) is 4.59. The fourth-order valence-corrected chi connectivity index (χ4v) is 2.12. The molecule has 0 unspecified atom stereocenters. The predicted molar refractivity (Wildman–Crippen MR) is 84.4 cm³/mol. The topological polar surface area (TPSA) is 104 Å². The summed E-state index contributed by atoms with van der Waals surface area (Å²) in [6.07, 6.45) is 4.21. The number of methoxy groups -OCH3 is 2. The number of nitrogens with zero attached hydrogens (tertiary/aromatic N) is 5. The number of anilines is 1. The van der Waals surface area contributed by atoms with Gasteiger partial charge in [-0.1, -0.05) is 6.07 Å². The summed E-state index contributed by atoms with van der Waals surface area (Å²) < 4.78 is 11.9. The van der Waals surface area contributed by atoms with Crippen LogP contribution in [0.4, 0.5) is 5.82 Å². The van der Waals surface area contributed by atoms with Crippen LogP contribution in [0.15, 0.2) is 43.2 Å². The zero-order valence-electron chi connectivity index (χ0n) is 13.0. The molecule has 0 atom stereocenters. The Labute approximate surface area is 137 Å². The Hall–Kier alpha value is -3.49. The van der Waals surface area contributed by atoms with E-state index in [-0.39, 0.29) is 5.56 Å². The standard InChI is InChI=1S/C15H14N6O3/c1-23-10-4-3-5-11(24-2)14(10)15(22)20-12-6-13(18-8-17-12)21-9-16-7-19-21/h3-9H,1-2H3,(H,17,18,20,22). The minimum absolute atomic E-state index is 0.281. The summed E-state index contributed by atoms with van der Waals surface area (Å²) in [5, 5.41) is 6.68. The number of aromatic nitrogens is 5. The molecule has 0 spiro atoms. The van der Waals surface area contributed by atoms with Gasteiger partial charge in [-0.25, -0.2) is 19.6 Å². The maximum absolute atomic E-state index is 12.6. The number of nitrogens with one attached hydrogen (secondary N) is 1. The van der Waals surface area contributed by atoms with E-state index in [4.69, 9.17) is 9.47 Å². The van der Waals surface area contributed by atoms with Crippen molar-refractivity contribution in [3.8, 4) is 17.3 Å². The molecule has 9 heteroatoms. The Balaban J connectivity index is 1.90. The summed E-state index contributed by atoms with van der Waals surface area (Å²) in [7, 11) is 2.97. The monoisotopic (exact) mass is 326 g/mol. The fourth-order valence-electron chi connectivity index (χ4n) is 2.12. The van der Waals surface area contributed by atoms with Gasteiger partial charge in [-0.15, -0.1) is 0 Å². The van der Waals surface area contributed by atoms with Crippen molar-refractivity contribution in [3.63, 3.8) is 0 Å². The molecule has 0 aliphatic heterocycles. The number of carbonyl (C=O) groups excluding carboxylic acids is 1. The number of amides is 1. The van der Waals surface area contributed by atoms with Gasteiger partial charge in [-0.05, 0) is 12.1 Å². The molecule has 0 bridgehead atoms. The third kappa shape index (κ3) is 3.00. The number of rotatable bonds is 5. The van der Waals surface area contributed by atoms with Gasteiger partial charge in [0.15, 0.2) is 5.82 Å². The van der Waals surface area contributed by atoms with Gasteiger partial charge >= 0.3 is 0 Å². The van der Waals surface area contributed by atoms with E-state index in [9.17, 15) is 4.79 Å². The predicted octanol–water partition coefficient (Wildman–Crippen LogP) is 1.33. The van der Waals surface area contributed by atoms with E-state index in [0.29, 0.717) is 23.1 Å². The van der Waals surface area contributed by atoms with E-state index in [1.807, 2.05) is 0 Å². The van der Waals surface area contributed by atoms with Gasteiger partial charge in [0.05, 0.1) is 14.2 Å². The summed E-state index contributed by atoms with van der Waals surface area (Å²) in [6, 6.07) is 6.67. The zero-order valence-corrected chi connectivity index (χ0v) is 13.0. The molecular formula is C15H14N6O3. The number of ether oxygens (including phenoxy) is 2. The molecule has 3 rings (SSSR count). The molecule has 2 heterocycles. The van der Waals surface area contributed by atoms with Gasteiger partial charge in [0.2, 0.25) is 0 Å². The summed E-state index contributed by atoms with van der Waals surface area (Å²) in [4.78, 5) is 24.6. The second-order valence-corrected chi connectivity index (χ2v) is 4.59. The van der Waals surface area contributed by atoms with Crippen molar-refractivity contribution in [1.29, 1.82) is 0 Å².